The van der Waals surface area contributed by atoms with Crippen LogP contribution in [0.2, 0.25) is 0 Å². The van der Waals surface area contributed by atoms with Crippen LogP contribution in [-0.4, -0.2) is 27.9 Å². The highest BCUT2D eigenvalue weighted by Crippen LogP contribution is 2.20. The van der Waals surface area contributed by atoms with E-state index in [9.17, 15) is 22.8 Å². The lowest BCUT2D eigenvalue weighted by atomic mass is 10.2. The number of benzene rings is 2. The van der Waals surface area contributed by atoms with Crippen LogP contribution in [0.4, 0.5) is 18.9 Å². The second-order valence-corrected chi connectivity index (χ2v) is 5.52. The monoisotopic (exact) mass is 375 g/mol. The van der Waals surface area contributed by atoms with Gasteiger partial charge in [-0.3, -0.25) is 14.8 Å². The number of fused-ring (bicyclic) bond motifs is 1. The molecule has 1 heterocycles. The number of halogens is 3. The van der Waals surface area contributed by atoms with Crippen LogP contribution >= 0.6 is 0 Å². The van der Waals surface area contributed by atoms with Gasteiger partial charge in [-0.25, -0.2) is 18.0 Å². The summed E-state index contributed by atoms with van der Waals surface area (Å²) < 4.78 is 44.8. The van der Waals surface area contributed by atoms with Crippen molar-refractivity contribution in [2.24, 2.45) is 0 Å². The van der Waals surface area contributed by atoms with Crippen LogP contribution in [-0.2, 0) is 9.53 Å². The maximum absolute atomic E-state index is 13.6. The Morgan fingerprint density at radius 1 is 1.00 bits per heavy atom. The van der Waals surface area contributed by atoms with Crippen molar-refractivity contribution in [1.82, 2.24) is 9.97 Å². The molecule has 0 aliphatic carbocycles. The summed E-state index contributed by atoms with van der Waals surface area (Å²) in [5.41, 5.74) is 0.617. The molecule has 0 aliphatic heterocycles. The molecule has 6 nitrogen and oxygen atoms in total. The summed E-state index contributed by atoms with van der Waals surface area (Å²) in [6.07, 6.45) is 1.65. The molecular formula is C18H12F3N3O3. The van der Waals surface area contributed by atoms with Crippen molar-refractivity contribution < 1.29 is 27.5 Å². The minimum atomic E-state index is -1.71. The van der Waals surface area contributed by atoms with Gasteiger partial charge in [0, 0.05) is 12.4 Å². The zero-order chi connectivity index (χ0) is 19.6. The van der Waals surface area contributed by atoms with E-state index in [-0.39, 0.29) is 5.56 Å². The fourth-order valence-electron chi connectivity index (χ4n) is 2.23. The lowest BCUT2D eigenvalue weighted by Gasteiger charge is -2.14. The van der Waals surface area contributed by atoms with Crippen LogP contribution in [0.15, 0.2) is 42.7 Å². The Kier molecular flexibility index (Phi) is 5.02. The molecule has 0 saturated heterocycles. The van der Waals surface area contributed by atoms with Crippen LogP contribution in [0.5, 0.6) is 0 Å². The fourth-order valence-corrected chi connectivity index (χ4v) is 2.23. The molecule has 1 atom stereocenters. The number of hydrogen-bond donors (Lipinski definition) is 1. The van der Waals surface area contributed by atoms with E-state index in [1.54, 1.807) is 6.07 Å². The van der Waals surface area contributed by atoms with Crippen LogP contribution in [0, 0.1) is 17.5 Å². The predicted octanol–water partition coefficient (Wildman–Crippen LogP) is 3.23. The predicted molar refractivity (Wildman–Crippen MR) is 89.4 cm³/mol. The average Bonchev–Trinajstić information content (AvgIpc) is 2.67. The van der Waals surface area contributed by atoms with Gasteiger partial charge in [-0.15, -0.1) is 0 Å². The van der Waals surface area contributed by atoms with Gasteiger partial charge < -0.3 is 10.1 Å². The number of aromatic nitrogens is 2. The Hall–Kier alpha value is -3.49. The van der Waals surface area contributed by atoms with Crippen molar-refractivity contribution in [1.29, 1.82) is 0 Å². The number of carbonyl (C=O) groups is 2. The molecule has 3 aromatic rings. The fraction of sp³-hybridized carbons (Fsp3) is 0.111. The van der Waals surface area contributed by atoms with Gasteiger partial charge in [0.15, 0.2) is 23.6 Å². The summed E-state index contributed by atoms with van der Waals surface area (Å²) in [5.74, 6) is -6.36. The number of nitrogens with one attached hydrogen (secondary N) is 1. The smallest absolute Gasteiger partial charge is 0.338 e. The molecule has 0 bridgehead atoms. The molecule has 0 unspecified atom stereocenters. The molecule has 0 spiro atoms. The summed E-state index contributed by atoms with van der Waals surface area (Å²) in [6, 6.07) is 6.01. The second-order valence-electron chi connectivity index (χ2n) is 5.52. The molecular weight excluding hydrogens is 363 g/mol. The summed E-state index contributed by atoms with van der Waals surface area (Å²) in [5, 5.41) is 2.04. The largest absolute Gasteiger partial charge is 0.449 e. The number of amides is 1. The Morgan fingerprint density at radius 3 is 2.44 bits per heavy atom. The van der Waals surface area contributed by atoms with Crippen LogP contribution in [0.25, 0.3) is 11.0 Å². The van der Waals surface area contributed by atoms with E-state index in [0.717, 1.165) is 6.07 Å². The van der Waals surface area contributed by atoms with Gasteiger partial charge in [-0.05, 0) is 37.3 Å². The molecule has 0 aliphatic rings. The maximum atomic E-state index is 13.6. The van der Waals surface area contributed by atoms with Gasteiger partial charge in [0.2, 0.25) is 0 Å². The van der Waals surface area contributed by atoms with E-state index in [0.29, 0.717) is 17.1 Å². The molecule has 0 radical (unpaired) electrons. The van der Waals surface area contributed by atoms with Crippen LogP contribution in [0.3, 0.4) is 0 Å². The summed E-state index contributed by atoms with van der Waals surface area (Å²) in [7, 11) is 0. The van der Waals surface area contributed by atoms with Crippen LogP contribution in [0.1, 0.15) is 17.3 Å². The van der Waals surface area contributed by atoms with Gasteiger partial charge in [-0.1, -0.05) is 0 Å². The zero-order valence-corrected chi connectivity index (χ0v) is 13.9. The van der Waals surface area contributed by atoms with Gasteiger partial charge in [-0.2, -0.15) is 0 Å². The summed E-state index contributed by atoms with van der Waals surface area (Å²) in [6.45, 7) is 1.26. The molecule has 138 valence electrons. The van der Waals surface area contributed by atoms with Crippen molar-refractivity contribution >= 4 is 28.6 Å². The van der Waals surface area contributed by atoms with E-state index in [1.807, 2.05) is 5.32 Å². The standard InChI is InChI=1S/C18H12F3N3O3/c1-9(17(25)24-13-5-3-11(19)15(20)16(13)21)27-18(26)10-2-4-12-14(8-10)23-7-6-22-12/h2-9H,1H3,(H,24,25)/t9-/m1/s1. The minimum Gasteiger partial charge on any atom is -0.449 e. The first-order chi connectivity index (χ1) is 12.9. The minimum absolute atomic E-state index is 0.140. The molecule has 2 aromatic carbocycles. The quantitative estimate of drug-likeness (QED) is 0.559. The maximum Gasteiger partial charge on any atom is 0.338 e. The Labute approximate surface area is 151 Å². The van der Waals surface area contributed by atoms with Crippen LogP contribution < -0.4 is 5.32 Å². The lowest BCUT2D eigenvalue weighted by molar-refractivity contribution is -0.123. The Bertz CT molecular complexity index is 1040. The van der Waals surface area contributed by atoms with Crippen molar-refractivity contribution in [3.05, 3.63) is 65.7 Å². The molecule has 3 rings (SSSR count). The highest BCUT2D eigenvalue weighted by atomic mass is 19.2. The van der Waals surface area contributed by atoms with E-state index in [1.165, 1.54) is 31.5 Å². The molecule has 1 aromatic heterocycles. The average molecular weight is 375 g/mol. The SMILES string of the molecule is C[C@@H](OC(=O)c1ccc2nccnc2c1)C(=O)Nc1ccc(F)c(F)c1F. The third kappa shape index (κ3) is 3.86. The topological polar surface area (TPSA) is 81.2 Å². The highest BCUT2D eigenvalue weighted by Gasteiger charge is 2.22. The number of rotatable bonds is 4. The molecule has 1 N–H and O–H groups in total. The summed E-state index contributed by atoms with van der Waals surface area (Å²) in [4.78, 5) is 32.4. The molecule has 27 heavy (non-hydrogen) atoms. The molecule has 0 saturated carbocycles. The first-order valence-corrected chi connectivity index (χ1v) is 7.73. The van der Waals surface area contributed by atoms with Gasteiger partial charge in [0.1, 0.15) is 0 Å². The number of ether oxygens (including phenoxy) is 1. The van der Waals surface area contributed by atoms with E-state index < -0.39 is 41.1 Å². The molecule has 9 heteroatoms. The summed E-state index contributed by atoms with van der Waals surface area (Å²) >= 11 is 0. The van der Waals surface area contributed by atoms with Gasteiger partial charge in [0.25, 0.3) is 5.91 Å². The second kappa shape index (κ2) is 7.40. The first-order valence-electron chi connectivity index (χ1n) is 7.73. The third-order valence-corrected chi connectivity index (χ3v) is 3.65. The normalized spacial score (nSPS) is 11.9. The highest BCUT2D eigenvalue weighted by molar-refractivity contribution is 5.98. The Balaban J connectivity index is 1.70. The lowest BCUT2D eigenvalue weighted by Crippen LogP contribution is -2.30. The van der Waals surface area contributed by atoms with Crippen molar-refractivity contribution in [2.45, 2.75) is 13.0 Å². The van der Waals surface area contributed by atoms with Gasteiger partial charge >= 0.3 is 5.97 Å². The van der Waals surface area contributed by atoms with E-state index in [2.05, 4.69) is 9.97 Å². The molecule has 1 amide bonds. The number of carbonyl (C=O) groups excluding carboxylic acids is 2. The van der Waals surface area contributed by atoms with Crippen molar-refractivity contribution in [3.8, 4) is 0 Å². The van der Waals surface area contributed by atoms with Crippen molar-refractivity contribution in [3.63, 3.8) is 0 Å². The number of anilines is 1. The van der Waals surface area contributed by atoms with Gasteiger partial charge in [0.05, 0.1) is 22.3 Å². The zero-order valence-electron chi connectivity index (χ0n) is 13.9. The van der Waals surface area contributed by atoms with E-state index in [4.69, 9.17) is 4.74 Å². The number of esters is 1. The molecule has 0 fully saturated rings. The Morgan fingerprint density at radius 2 is 1.70 bits per heavy atom. The first kappa shape index (κ1) is 18.3. The van der Waals surface area contributed by atoms with E-state index >= 15 is 0 Å². The number of hydrogen-bond acceptors (Lipinski definition) is 5. The number of nitrogens with zero attached hydrogens (tertiary/aromatic N) is 2. The third-order valence-electron chi connectivity index (χ3n) is 3.65. The van der Waals surface area contributed by atoms with Crippen molar-refractivity contribution in [2.75, 3.05) is 5.32 Å².